The van der Waals surface area contributed by atoms with Crippen LogP contribution in [0.2, 0.25) is 0 Å². The predicted molar refractivity (Wildman–Crippen MR) is 68.7 cm³/mol. The third-order valence-corrected chi connectivity index (χ3v) is 5.66. The van der Waals surface area contributed by atoms with E-state index in [0.29, 0.717) is 15.6 Å². The Morgan fingerprint density at radius 2 is 1.94 bits per heavy atom. The van der Waals surface area contributed by atoms with Gasteiger partial charge in [0.25, 0.3) is 0 Å². The standard InChI is InChI=1S/C11H16N2O2S2/c1-7(2)11-9(5-12)16-10(13-11)6-17(14,15)8(3)4/h7-8H,6H2,1-4H3. The zero-order chi connectivity index (χ0) is 13.2. The fourth-order valence-electron chi connectivity index (χ4n) is 1.25. The van der Waals surface area contributed by atoms with E-state index < -0.39 is 15.1 Å². The topological polar surface area (TPSA) is 70.8 Å². The SMILES string of the molecule is CC(C)c1nc(CS(=O)(=O)C(C)C)sc1C#N. The van der Waals surface area contributed by atoms with Gasteiger partial charge in [0.1, 0.15) is 21.7 Å². The van der Waals surface area contributed by atoms with E-state index in [1.165, 1.54) is 11.3 Å². The van der Waals surface area contributed by atoms with Gasteiger partial charge < -0.3 is 0 Å². The van der Waals surface area contributed by atoms with Crippen molar-refractivity contribution in [3.63, 3.8) is 0 Å². The number of nitrogens with zero attached hydrogens (tertiary/aromatic N) is 2. The molecule has 0 radical (unpaired) electrons. The highest BCUT2D eigenvalue weighted by Gasteiger charge is 2.21. The average molecular weight is 272 g/mol. The average Bonchev–Trinajstić information content (AvgIpc) is 2.60. The van der Waals surface area contributed by atoms with Crippen LogP contribution in [0.3, 0.4) is 0 Å². The normalized spacial score (nSPS) is 12.1. The van der Waals surface area contributed by atoms with Crippen molar-refractivity contribution < 1.29 is 8.42 Å². The first kappa shape index (κ1) is 14.1. The van der Waals surface area contributed by atoms with E-state index in [-0.39, 0.29) is 11.7 Å². The lowest BCUT2D eigenvalue weighted by atomic mass is 10.1. The molecule has 0 saturated carbocycles. The van der Waals surface area contributed by atoms with Gasteiger partial charge in [-0.05, 0) is 19.8 Å². The summed E-state index contributed by atoms with van der Waals surface area (Å²) < 4.78 is 23.5. The molecular formula is C11H16N2O2S2. The van der Waals surface area contributed by atoms with Gasteiger partial charge >= 0.3 is 0 Å². The van der Waals surface area contributed by atoms with Crippen LogP contribution in [0.25, 0.3) is 0 Å². The Labute approximate surface area is 106 Å². The van der Waals surface area contributed by atoms with Gasteiger partial charge in [0, 0.05) is 0 Å². The Hall–Kier alpha value is -0.930. The molecule has 0 aliphatic rings. The summed E-state index contributed by atoms with van der Waals surface area (Å²) in [7, 11) is -3.15. The van der Waals surface area contributed by atoms with Crippen molar-refractivity contribution >= 4 is 21.2 Å². The predicted octanol–water partition coefficient (Wildman–Crippen LogP) is 2.46. The lowest BCUT2D eigenvalue weighted by Gasteiger charge is -2.04. The summed E-state index contributed by atoms with van der Waals surface area (Å²) in [4.78, 5) is 4.79. The van der Waals surface area contributed by atoms with Gasteiger partial charge in [0.05, 0.1) is 10.9 Å². The Morgan fingerprint density at radius 1 is 1.35 bits per heavy atom. The zero-order valence-electron chi connectivity index (χ0n) is 10.4. The first-order valence-electron chi connectivity index (χ1n) is 5.39. The van der Waals surface area contributed by atoms with Gasteiger partial charge in [-0.2, -0.15) is 5.26 Å². The van der Waals surface area contributed by atoms with E-state index in [2.05, 4.69) is 11.1 Å². The molecule has 0 bridgehead atoms. The number of thiazole rings is 1. The Kier molecular flexibility index (Phi) is 4.28. The van der Waals surface area contributed by atoms with Gasteiger partial charge in [-0.15, -0.1) is 11.3 Å². The van der Waals surface area contributed by atoms with Crippen LogP contribution in [0.5, 0.6) is 0 Å². The lowest BCUT2D eigenvalue weighted by molar-refractivity contribution is 0.586. The van der Waals surface area contributed by atoms with Crippen LogP contribution in [-0.4, -0.2) is 18.7 Å². The number of sulfone groups is 1. The van der Waals surface area contributed by atoms with E-state index in [1.54, 1.807) is 13.8 Å². The highest BCUT2D eigenvalue weighted by Crippen LogP contribution is 2.26. The van der Waals surface area contributed by atoms with Crippen molar-refractivity contribution in [2.75, 3.05) is 0 Å². The van der Waals surface area contributed by atoms with Crippen LogP contribution in [0, 0.1) is 11.3 Å². The van der Waals surface area contributed by atoms with E-state index in [0.717, 1.165) is 0 Å². The minimum absolute atomic E-state index is 0.0727. The number of rotatable bonds is 4. The Bertz CT molecular complexity index is 536. The molecule has 0 N–H and O–H groups in total. The molecule has 94 valence electrons. The van der Waals surface area contributed by atoms with Crippen LogP contribution in [-0.2, 0) is 15.6 Å². The summed E-state index contributed by atoms with van der Waals surface area (Å²) >= 11 is 1.18. The van der Waals surface area contributed by atoms with Gasteiger partial charge in [0.15, 0.2) is 9.84 Å². The van der Waals surface area contributed by atoms with Crippen molar-refractivity contribution in [1.82, 2.24) is 4.98 Å². The molecule has 6 heteroatoms. The number of hydrogen-bond acceptors (Lipinski definition) is 5. The molecule has 4 nitrogen and oxygen atoms in total. The molecular weight excluding hydrogens is 256 g/mol. The molecule has 0 aliphatic heterocycles. The minimum atomic E-state index is -3.15. The Morgan fingerprint density at radius 3 is 2.29 bits per heavy atom. The van der Waals surface area contributed by atoms with Crippen LogP contribution in [0.15, 0.2) is 0 Å². The summed E-state index contributed by atoms with van der Waals surface area (Å²) in [5.74, 6) is 0.0629. The second-order valence-electron chi connectivity index (χ2n) is 4.44. The van der Waals surface area contributed by atoms with E-state index in [4.69, 9.17) is 5.26 Å². The first-order chi connectivity index (χ1) is 7.77. The van der Waals surface area contributed by atoms with Crippen molar-refractivity contribution in [3.8, 4) is 6.07 Å². The van der Waals surface area contributed by atoms with Crippen LogP contribution in [0.1, 0.15) is 49.2 Å². The number of hydrogen-bond donors (Lipinski definition) is 0. The van der Waals surface area contributed by atoms with E-state index >= 15 is 0 Å². The van der Waals surface area contributed by atoms with Crippen molar-refractivity contribution in [1.29, 1.82) is 5.26 Å². The molecule has 17 heavy (non-hydrogen) atoms. The highest BCUT2D eigenvalue weighted by atomic mass is 32.2. The second kappa shape index (κ2) is 5.15. The van der Waals surface area contributed by atoms with E-state index in [1.807, 2.05) is 13.8 Å². The van der Waals surface area contributed by atoms with Crippen LogP contribution < -0.4 is 0 Å². The Balaban J connectivity index is 3.07. The maximum atomic E-state index is 11.8. The smallest absolute Gasteiger partial charge is 0.159 e. The van der Waals surface area contributed by atoms with Crippen LogP contribution in [0.4, 0.5) is 0 Å². The summed E-state index contributed by atoms with van der Waals surface area (Å²) in [6.45, 7) is 7.18. The van der Waals surface area contributed by atoms with Gasteiger partial charge in [-0.1, -0.05) is 13.8 Å². The quantitative estimate of drug-likeness (QED) is 0.844. The first-order valence-corrected chi connectivity index (χ1v) is 7.92. The fourth-order valence-corrected chi connectivity index (χ4v) is 3.53. The molecule has 0 aromatic carbocycles. The monoisotopic (exact) mass is 272 g/mol. The molecule has 0 saturated heterocycles. The summed E-state index contributed by atoms with van der Waals surface area (Å²) in [6, 6.07) is 2.07. The molecule has 1 aromatic rings. The molecule has 1 heterocycles. The summed E-state index contributed by atoms with van der Waals surface area (Å²) in [5.41, 5.74) is 0.700. The molecule has 0 fully saturated rings. The van der Waals surface area contributed by atoms with Gasteiger partial charge in [-0.25, -0.2) is 13.4 Å². The van der Waals surface area contributed by atoms with Crippen molar-refractivity contribution in [3.05, 3.63) is 15.6 Å². The second-order valence-corrected chi connectivity index (χ2v) is 8.09. The number of aromatic nitrogens is 1. The van der Waals surface area contributed by atoms with Crippen LogP contribution >= 0.6 is 11.3 Å². The minimum Gasteiger partial charge on any atom is -0.243 e. The molecule has 0 spiro atoms. The third kappa shape index (κ3) is 3.27. The highest BCUT2D eigenvalue weighted by molar-refractivity contribution is 7.91. The largest absolute Gasteiger partial charge is 0.243 e. The van der Waals surface area contributed by atoms with E-state index in [9.17, 15) is 8.42 Å². The van der Waals surface area contributed by atoms with Crippen molar-refractivity contribution in [2.45, 2.75) is 44.6 Å². The van der Waals surface area contributed by atoms with Gasteiger partial charge in [0.2, 0.25) is 0 Å². The van der Waals surface area contributed by atoms with Gasteiger partial charge in [-0.3, -0.25) is 0 Å². The summed E-state index contributed by atoms with van der Waals surface area (Å²) in [5, 5.41) is 9.05. The maximum absolute atomic E-state index is 11.8. The fraction of sp³-hybridized carbons (Fsp3) is 0.636. The lowest BCUT2D eigenvalue weighted by Crippen LogP contribution is -2.15. The molecule has 1 rings (SSSR count). The molecule has 0 atom stereocenters. The number of nitriles is 1. The maximum Gasteiger partial charge on any atom is 0.159 e. The zero-order valence-corrected chi connectivity index (χ0v) is 12.0. The van der Waals surface area contributed by atoms with Crippen molar-refractivity contribution in [2.24, 2.45) is 0 Å². The molecule has 0 amide bonds. The molecule has 0 unspecified atom stereocenters. The molecule has 0 aliphatic carbocycles. The summed E-state index contributed by atoms with van der Waals surface area (Å²) in [6.07, 6.45) is 0. The third-order valence-electron chi connectivity index (χ3n) is 2.39. The molecule has 1 aromatic heterocycles.